The number of methoxy groups -OCH3 is 1. The van der Waals surface area contributed by atoms with Crippen LogP contribution < -0.4 is 16.0 Å². The minimum atomic E-state index is 0.0189. The van der Waals surface area contributed by atoms with Crippen molar-refractivity contribution in [3.05, 3.63) is 64.1 Å². The third-order valence-electron chi connectivity index (χ3n) is 3.05. The molecule has 2 aromatic rings. The van der Waals surface area contributed by atoms with Gasteiger partial charge in [0, 0.05) is 10.0 Å². The van der Waals surface area contributed by atoms with Crippen LogP contribution in [0.1, 0.15) is 17.2 Å². The second-order valence-electron chi connectivity index (χ2n) is 4.30. The fourth-order valence-electron chi connectivity index (χ4n) is 2.08. The van der Waals surface area contributed by atoms with Gasteiger partial charge in [-0.25, -0.2) is 0 Å². The summed E-state index contributed by atoms with van der Waals surface area (Å²) in [7, 11) is 1.67. The van der Waals surface area contributed by atoms with Gasteiger partial charge >= 0.3 is 0 Å². The maximum Gasteiger partial charge on any atom is 0.124 e. The van der Waals surface area contributed by atoms with Gasteiger partial charge in [0.25, 0.3) is 0 Å². The second-order valence-corrected chi connectivity index (χ2v) is 5.21. The standard InChI is InChI=1S/C15H17BrN2O/c1-19-15-10-12(16)7-8-13(15)14(18-17)9-11-5-3-2-4-6-11/h2-8,10,14,18H,9,17H2,1H3. The van der Waals surface area contributed by atoms with E-state index in [4.69, 9.17) is 10.6 Å². The van der Waals surface area contributed by atoms with E-state index in [9.17, 15) is 0 Å². The maximum absolute atomic E-state index is 5.70. The molecule has 0 fully saturated rings. The molecule has 0 amide bonds. The first-order valence-corrected chi connectivity index (χ1v) is 6.87. The smallest absolute Gasteiger partial charge is 0.124 e. The zero-order valence-electron chi connectivity index (χ0n) is 10.8. The summed E-state index contributed by atoms with van der Waals surface area (Å²) in [5.41, 5.74) is 5.15. The van der Waals surface area contributed by atoms with E-state index >= 15 is 0 Å². The van der Waals surface area contributed by atoms with Crippen molar-refractivity contribution in [2.45, 2.75) is 12.5 Å². The van der Waals surface area contributed by atoms with E-state index in [0.717, 1.165) is 22.2 Å². The number of hydrogen-bond acceptors (Lipinski definition) is 3. The average molecular weight is 321 g/mol. The van der Waals surface area contributed by atoms with E-state index in [1.54, 1.807) is 7.11 Å². The number of ether oxygens (including phenoxy) is 1. The largest absolute Gasteiger partial charge is 0.496 e. The predicted octanol–water partition coefficient (Wildman–Crippen LogP) is 3.20. The Balaban J connectivity index is 2.27. The lowest BCUT2D eigenvalue weighted by Gasteiger charge is -2.19. The van der Waals surface area contributed by atoms with Gasteiger partial charge in [-0.15, -0.1) is 0 Å². The Morgan fingerprint density at radius 1 is 1.21 bits per heavy atom. The number of halogens is 1. The SMILES string of the molecule is COc1cc(Br)ccc1C(Cc1ccccc1)NN. The van der Waals surface area contributed by atoms with Gasteiger partial charge in [0.1, 0.15) is 5.75 Å². The summed E-state index contributed by atoms with van der Waals surface area (Å²) in [4.78, 5) is 0. The topological polar surface area (TPSA) is 47.3 Å². The molecule has 0 aliphatic carbocycles. The first kappa shape index (κ1) is 14.1. The molecule has 0 spiro atoms. The minimum absolute atomic E-state index is 0.0189. The number of rotatable bonds is 5. The highest BCUT2D eigenvalue weighted by atomic mass is 79.9. The van der Waals surface area contributed by atoms with Gasteiger partial charge in [-0.05, 0) is 24.1 Å². The van der Waals surface area contributed by atoms with Crippen LogP contribution in [-0.2, 0) is 6.42 Å². The molecular weight excluding hydrogens is 304 g/mol. The zero-order chi connectivity index (χ0) is 13.7. The number of hydrogen-bond donors (Lipinski definition) is 2. The molecule has 0 aliphatic rings. The molecule has 0 saturated heterocycles. The molecular formula is C15H17BrN2O. The van der Waals surface area contributed by atoms with Crippen LogP contribution in [0.3, 0.4) is 0 Å². The van der Waals surface area contributed by atoms with Gasteiger partial charge in [0.2, 0.25) is 0 Å². The number of nitrogens with two attached hydrogens (primary N) is 1. The van der Waals surface area contributed by atoms with E-state index in [-0.39, 0.29) is 6.04 Å². The monoisotopic (exact) mass is 320 g/mol. The van der Waals surface area contributed by atoms with Crippen molar-refractivity contribution in [3.8, 4) is 5.75 Å². The average Bonchev–Trinajstić information content (AvgIpc) is 2.46. The van der Waals surface area contributed by atoms with Crippen LogP contribution in [0.25, 0.3) is 0 Å². The highest BCUT2D eigenvalue weighted by Crippen LogP contribution is 2.30. The van der Waals surface area contributed by atoms with Crippen molar-refractivity contribution < 1.29 is 4.74 Å². The molecule has 3 nitrogen and oxygen atoms in total. The van der Waals surface area contributed by atoms with Gasteiger partial charge < -0.3 is 4.74 Å². The summed E-state index contributed by atoms with van der Waals surface area (Å²) in [6.07, 6.45) is 0.815. The van der Waals surface area contributed by atoms with Crippen molar-refractivity contribution in [1.82, 2.24) is 5.43 Å². The predicted molar refractivity (Wildman–Crippen MR) is 80.9 cm³/mol. The van der Waals surface area contributed by atoms with Gasteiger partial charge in [0.05, 0.1) is 13.2 Å². The second kappa shape index (κ2) is 6.70. The van der Waals surface area contributed by atoms with Gasteiger partial charge in [0.15, 0.2) is 0 Å². The molecule has 0 saturated carbocycles. The van der Waals surface area contributed by atoms with Crippen LogP contribution in [0.15, 0.2) is 53.0 Å². The first-order valence-electron chi connectivity index (χ1n) is 6.08. The van der Waals surface area contributed by atoms with E-state index in [1.807, 2.05) is 36.4 Å². The minimum Gasteiger partial charge on any atom is -0.496 e. The first-order chi connectivity index (χ1) is 9.24. The molecule has 0 radical (unpaired) electrons. The summed E-state index contributed by atoms with van der Waals surface area (Å²) >= 11 is 3.44. The summed E-state index contributed by atoms with van der Waals surface area (Å²) in [6.45, 7) is 0. The number of nitrogens with one attached hydrogen (secondary N) is 1. The quantitative estimate of drug-likeness (QED) is 0.657. The Morgan fingerprint density at radius 3 is 2.58 bits per heavy atom. The molecule has 0 bridgehead atoms. The van der Waals surface area contributed by atoms with Gasteiger partial charge in [-0.2, -0.15) is 0 Å². The van der Waals surface area contributed by atoms with Crippen molar-refractivity contribution in [1.29, 1.82) is 0 Å². The van der Waals surface area contributed by atoms with Crippen LogP contribution in [0.4, 0.5) is 0 Å². The summed E-state index contributed by atoms with van der Waals surface area (Å²) in [5.74, 6) is 6.52. The highest BCUT2D eigenvalue weighted by Gasteiger charge is 2.15. The molecule has 100 valence electrons. The molecule has 1 atom stereocenters. The summed E-state index contributed by atoms with van der Waals surface area (Å²) in [6, 6.07) is 16.2. The Bertz CT molecular complexity index is 531. The Kier molecular flexibility index (Phi) is 4.96. The molecule has 4 heteroatoms. The van der Waals surface area contributed by atoms with E-state index in [1.165, 1.54) is 5.56 Å². The van der Waals surface area contributed by atoms with Crippen LogP contribution >= 0.6 is 15.9 Å². The Hall–Kier alpha value is -1.36. The zero-order valence-corrected chi connectivity index (χ0v) is 12.4. The Morgan fingerprint density at radius 2 is 1.95 bits per heavy atom. The lowest BCUT2D eigenvalue weighted by Crippen LogP contribution is -2.29. The molecule has 2 rings (SSSR count). The molecule has 0 aliphatic heterocycles. The van der Waals surface area contributed by atoms with Crippen molar-refractivity contribution in [2.24, 2.45) is 5.84 Å². The van der Waals surface area contributed by atoms with Crippen LogP contribution in [0, 0.1) is 0 Å². The molecule has 19 heavy (non-hydrogen) atoms. The summed E-state index contributed by atoms with van der Waals surface area (Å²) in [5, 5.41) is 0. The molecule has 0 heterocycles. The van der Waals surface area contributed by atoms with Gasteiger partial charge in [-0.1, -0.05) is 52.3 Å². The fraction of sp³-hybridized carbons (Fsp3) is 0.200. The fourth-order valence-corrected chi connectivity index (χ4v) is 2.42. The van der Waals surface area contributed by atoms with Crippen LogP contribution in [0.5, 0.6) is 5.75 Å². The Labute approximate surface area is 121 Å². The van der Waals surface area contributed by atoms with E-state index in [0.29, 0.717) is 0 Å². The molecule has 2 aromatic carbocycles. The van der Waals surface area contributed by atoms with Crippen LogP contribution in [0.2, 0.25) is 0 Å². The van der Waals surface area contributed by atoms with Crippen LogP contribution in [-0.4, -0.2) is 7.11 Å². The van der Waals surface area contributed by atoms with E-state index in [2.05, 4.69) is 33.5 Å². The summed E-state index contributed by atoms with van der Waals surface area (Å²) < 4.78 is 6.41. The van der Waals surface area contributed by atoms with Crippen molar-refractivity contribution >= 4 is 15.9 Å². The van der Waals surface area contributed by atoms with Crippen molar-refractivity contribution in [2.75, 3.05) is 7.11 Å². The maximum atomic E-state index is 5.70. The van der Waals surface area contributed by atoms with Crippen molar-refractivity contribution in [3.63, 3.8) is 0 Å². The third-order valence-corrected chi connectivity index (χ3v) is 3.55. The third kappa shape index (κ3) is 3.56. The normalized spacial score (nSPS) is 12.2. The lowest BCUT2D eigenvalue weighted by molar-refractivity contribution is 0.398. The van der Waals surface area contributed by atoms with E-state index < -0.39 is 0 Å². The lowest BCUT2D eigenvalue weighted by atomic mass is 9.98. The number of hydrazine groups is 1. The highest BCUT2D eigenvalue weighted by molar-refractivity contribution is 9.10. The number of benzene rings is 2. The molecule has 0 aromatic heterocycles. The molecule has 3 N–H and O–H groups in total. The molecule has 1 unspecified atom stereocenters. The van der Waals surface area contributed by atoms with Gasteiger partial charge in [-0.3, -0.25) is 11.3 Å².